The van der Waals surface area contributed by atoms with Crippen molar-refractivity contribution < 1.29 is 19.4 Å². The minimum Gasteiger partial charge on any atom is -0.387 e. The Hall–Kier alpha value is -0.450. The molecule has 0 amide bonds. The largest absolute Gasteiger partial charge is 0.387 e. The van der Waals surface area contributed by atoms with E-state index in [2.05, 4.69) is 0 Å². The standard InChI is InChI=1S/C7H10O4/c8-3-5-6(9)7(4-11-7)1-2-10-5/h3,5-6,9H,1-2,4H2/t5-,6-,7-/m1/s1. The van der Waals surface area contributed by atoms with Gasteiger partial charge in [-0.25, -0.2) is 0 Å². The molecule has 0 aromatic rings. The van der Waals surface area contributed by atoms with Gasteiger partial charge in [0.2, 0.25) is 0 Å². The van der Waals surface area contributed by atoms with Crippen LogP contribution in [0.1, 0.15) is 6.42 Å². The summed E-state index contributed by atoms with van der Waals surface area (Å²) < 4.78 is 10.1. The smallest absolute Gasteiger partial charge is 0.151 e. The maximum atomic E-state index is 10.3. The van der Waals surface area contributed by atoms with Crippen LogP contribution < -0.4 is 0 Å². The number of carbonyl (C=O) groups is 1. The van der Waals surface area contributed by atoms with Gasteiger partial charge in [-0.1, -0.05) is 0 Å². The Balaban J connectivity index is 2.09. The Morgan fingerprint density at radius 1 is 1.64 bits per heavy atom. The zero-order chi connectivity index (χ0) is 7.90. The van der Waals surface area contributed by atoms with Crippen molar-refractivity contribution in [2.24, 2.45) is 0 Å². The predicted molar refractivity (Wildman–Crippen MR) is 35.1 cm³/mol. The highest BCUT2D eigenvalue weighted by Crippen LogP contribution is 2.39. The van der Waals surface area contributed by atoms with Gasteiger partial charge in [0.25, 0.3) is 0 Å². The molecule has 2 rings (SSSR count). The summed E-state index contributed by atoms with van der Waals surface area (Å²) in [7, 11) is 0. The van der Waals surface area contributed by atoms with E-state index in [1.165, 1.54) is 0 Å². The number of epoxide rings is 1. The van der Waals surface area contributed by atoms with Crippen LogP contribution >= 0.6 is 0 Å². The highest BCUT2D eigenvalue weighted by atomic mass is 16.6. The van der Waals surface area contributed by atoms with Gasteiger partial charge < -0.3 is 19.4 Å². The molecule has 2 aliphatic heterocycles. The Kier molecular flexibility index (Phi) is 1.49. The second kappa shape index (κ2) is 2.27. The van der Waals surface area contributed by atoms with Gasteiger partial charge in [-0.05, 0) is 0 Å². The van der Waals surface area contributed by atoms with Crippen LogP contribution in [0.5, 0.6) is 0 Å². The van der Waals surface area contributed by atoms with E-state index in [9.17, 15) is 9.90 Å². The maximum absolute atomic E-state index is 10.3. The van der Waals surface area contributed by atoms with Gasteiger partial charge in [-0.3, -0.25) is 0 Å². The second-order valence-corrected chi connectivity index (χ2v) is 3.02. The number of aliphatic hydroxyl groups is 1. The van der Waals surface area contributed by atoms with Crippen molar-refractivity contribution in [3.05, 3.63) is 0 Å². The van der Waals surface area contributed by atoms with Crippen molar-refractivity contribution in [2.45, 2.75) is 24.2 Å². The van der Waals surface area contributed by atoms with Crippen molar-refractivity contribution in [2.75, 3.05) is 13.2 Å². The monoisotopic (exact) mass is 158 g/mol. The fraction of sp³-hybridized carbons (Fsp3) is 0.857. The fourth-order valence-corrected chi connectivity index (χ4v) is 1.43. The van der Waals surface area contributed by atoms with Crippen LogP contribution in [0.25, 0.3) is 0 Å². The lowest BCUT2D eigenvalue weighted by Gasteiger charge is -2.29. The molecule has 0 aliphatic carbocycles. The van der Waals surface area contributed by atoms with Gasteiger partial charge in [0.1, 0.15) is 17.8 Å². The molecule has 0 bridgehead atoms. The number of hydrogen-bond donors (Lipinski definition) is 1. The lowest BCUT2D eigenvalue weighted by Crippen LogP contribution is -2.47. The van der Waals surface area contributed by atoms with Crippen molar-refractivity contribution in [3.63, 3.8) is 0 Å². The molecule has 0 aromatic heterocycles. The SMILES string of the molecule is O=C[C@H]1OCC[C@@]2(CO2)[C@@H]1O. The van der Waals surface area contributed by atoms with Crippen LogP contribution in [-0.2, 0) is 14.3 Å². The highest BCUT2D eigenvalue weighted by Gasteiger charge is 2.56. The first-order chi connectivity index (χ1) is 5.28. The van der Waals surface area contributed by atoms with Crippen LogP contribution in [0.4, 0.5) is 0 Å². The van der Waals surface area contributed by atoms with E-state index in [-0.39, 0.29) is 0 Å². The number of ether oxygens (including phenoxy) is 2. The average Bonchev–Trinajstić information content (AvgIpc) is 2.77. The molecule has 0 saturated carbocycles. The zero-order valence-electron chi connectivity index (χ0n) is 6.03. The Morgan fingerprint density at radius 3 is 2.91 bits per heavy atom. The molecule has 0 aromatic carbocycles. The van der Waals surface area contributed by atoms with Crippen molar-refractivity contribution >= 4 is 6.29 Å². The molecule has 62 valence electrons. The van der Waals surface area contributed by atoms with Crippen LogP contribution in [0.2, 0.25) is 0 Å². The van der Waals surface area contributed by atoms with Crippen molar-refractivity contribution in [1.29, 1.82) is 0 Å². The molecule has 1 N–H and O–H groups in total. The zero-order valence-corrected chi connectivity index (χ0v) is 6.03. The first-order valence-corrected chi connectivity index (χ1v) is 3.67. The van der Waals surface area contributed by atoms with E-state index >= 15 is 0 Å². The molecule has 0 radical (unpaired) electrons. The average molecular weight is 158 g/mol. The first-order valence-electron chi connectivity index (χ1n) is 3.67. The van der Waals surface area contributed by atoms with E-state index in [4.69, 9.17) is 9.47 Å². The topological polar surface area (TPSA) is 59.1 Å². The summed E-state index contributed by atoms with van der Waals surface area (Å²) in [6, 6.07) is 0. The lowest BCUT2D eigenvalue weighted by atomic mass is 9.93. The number of aldehydes is 1. The lowest BCUT2D eigenvalue weighted by molar-refractivity contribution is -0.142. The summed E-state index contributed by atoms with van der Waals surface area (Å²) in [6.07, 6.45) is -0.133. The Labute approximate surface area is 64.1 Å². The van der Waals surface area contributed by atoms with E-state index in [0.717, 1.165) is 0 Å². The van der Waals surface area contributed by atoms with Crippen LogP contribution in [-0.4, -0.2) is 42.4 Å². The molecule has 2 saturated heterocycles. The third-order valence-electron chi connectivity index (χ3n) is 2.34. The number of carbonyl (C=O) groups excluding carboxylic acids is 1. The number of hydrogen-bond acceptors (Lipinski definition) is 4. The van der Waals surface area contributed by atoms with Crippen molar-refractivity contribution in [3.8, 4) is 0 Å². The molecular formula is C7H10O4. The van der Waals surface area contributed by atoms with E-state index < -0.39 is 17.8 Å². The summed E-state index contributed by atoms with van der Waals surface area (Å²) >= 11 is 0. The predicted octanol–water partition coefficient (Wildman–Crippen LogP) is -0.896. The minimum absolute atomic E-state index is 0.441. The summed E-state index contributed by atoms with van der Waals surface area (Å²) in [5, 5.41) is 9.48. The second-order valence-electron chi connectivity index (χ2n) is 3.02. The summed E-state index contributed by atoms with van der Waals surface area (Å²) in [6.45, 7) is 1.06. The Morgan fingerprint density at radius 2 is 2.36 bits per heavy atom. The van der Waals surface area contributed by atoms with Crippen molar-refractivity contribution in [1.82, 2.24) is 0 Å². The molecule has 11 heavy (non-hydrogen) atoms. The fourth-order valence-electron chi connectivity index (χ4n) is 1.43. The third-order valence-corrected chi connectivity index (χ3v) is 2.34. The molecule has 4 nitrogen and oxygen atoms in total. The Bertz CT molecular complexity index is 175. The third kappa shape index (κ3) is 0.982. The number of aliphatic hydroxyl groups excluding tert-OH is 1. The van der Waals surface area contributed by atoms with Gasteiger partial charge in [-0.2, -0.15) is 0 Å². The molecule has 3 atom stereocenters. The van der Waals surface area contributed by atoms with E-state index in [0.29, 0.717) is 25.9 Å². The molecule has 2 heterocycles. The summed E-state index contributed by atoms with van der Waals surface area (Å²) in [5.41, 5.74) is -0.441. The van der Waals surface area contributed by atoms with Gasteiger partial charge >= 0.3 is 0 Å². The maximum Gasteiger partial charge on any atom is 0.151 e. The van der Waals surface area contributed by atoms with E-state index in [1.807, 2.05) is 0 Å². The molecule has 1 spiro atoms. The summed E-state index contributed by atoms with van der Waals surface area (Å²) in [4.78, 5) is 10.3. The molecule has 2 aliphatic rings. The highest BCUT2D eigenvalue weighted by molar-refractivity contribution is 5.58. The molecule has 2 fully saturated rings. The molecule has 0 unspecified atom stereocenters. The molecular weight excluding hydrogens is 148 g/mol. The normalized spacial score (nSPS) is 49.2. The van der Waals surface area contributed by atoms with Crippen LogP contribution in [0, 0.1) is 0 Å². The van der Waals surface area contributed by atoms with Gasteiger partial charge in [0.05, 0.1) is 13.2 Å². The van der Waals surface area contributed by atoms with E-state index in [1.54, 1.807) is 0 Å². The quantitative estimate of drug-likeness (QED) is 0.397. The minimum atomic E-state index is -0.770. The van der Waals surface area contributed by atoms with Gasteiger partial charge in [0.15, 0.2) is 6.29 Å². The van der Waals surface area contributed by atoms with Crippen LogP contribution in [0.15, 0.2) is 0 Å². The van der Waals surface area contributed by atoms with Gasteiger partial charge in [-0.15, -0.1) is 0 Å². The summed E-state index contributed by atoms with van der Waals surface area (Å²) in [5.74, 6) is 0. The number of rotatable bonds is 1. The van der Waals surface area contributed by atoms with Crippen LogP contribution in [0.3, 0.4) is 0 Å². The first kappa shape index (κ1) is 7.21. The van der Waals surface area contributed by atoms with Gasteiger partial charge in [0, 0.05) is 6.42 Å². The molecule has 4 heteroatoms.